The van der Waals surface area contributed by atoms with Crippen LogP contribution < -0.4 is 9.47 Å². The van der Waals surface area contributed by atoms with Crippen molar-refractivity contribution in [2.75, 3.05) is 19.0 Å². The molecule has 1 aromatic rings. The average Bonchev–Trinajstić information content (AvgIpc) is 2.99. The van der Waals surface area contributed by atoms with Crippen LogP contribution >= 0.6 is 15.9 Å². The summed E-state index contributed by atoms with van der Waals surface area (Å²) in [6.07, 6.45) is 1.01. The number of benzene rings is 1. The number of halogens is 1. The van der Waals surface area contributed by atoms with Crippen LogP contribution in [0.2, 0.25) is 0 Å². The number of hydrogen-bond acceptors (Lipinski definition) is 5. The maximum atomic E-state index is 12.8. The van der Waals surface area contributed by atoms with E-state index in [1.54, 1.807) is 12.0 Å². The van der Waals surface area contributed by atoms with Gasteiger partial charge in [-0.2, -0.15) is 0 Å². The zero-order valence-electron chi connectivity index (χ0n) is 14.5. The second-order valence-electron chi connectivity index (χ2n) is 7.68. The van der Waals surface area contributed by atoms with Gasteiger partial charge in [-0.05, 0) is 30.9 Å². The van der Waals surface area contributed by atoms with Gasteiger partial charge in [-0.3, -0.25) is 9.59 Å². The summed E-state index contributed by atoms with van der Waals surface area (Å²) in [6, 6.07) is 3.50. The maximum absolute atomic E-state index is 12.8. The van der Waals surface area contributed by atoms with E-state index in [1.165, 1.54) is 0 Å². The van der Waals surface area contributed by atoms with Gasteiger partial charge in [0.05, 0.1) is 29.5 Å². The lowest BCUT2D eigenvalue weighted by atomic mass is 9.49. The number of alkyl halides is 1. The Labute approximate surface area is 159 Å². The third-order valence-corrected chi connectivity index (χ3v) is 7.38. The second-order valence-corrected chi connectivity index (χ2v) is 8.24. The molecule has 0 unspecified atom stereocenters. The first-order chi connectivity index (χ1) is 12.5. The Hall–Kier alpha value is -1.60. The van der Waals surface area contributed by atoms with E-state index in [-0.39, 0.29) is 29.5 Å². The standard InChI is InChI=1S/C19H20BrNO5/c1-25-12-3-2-10-8-13-19(24)5-4-11(22)17-18(19,15(10)16(12)26-17)6-7-21(13)14(23)9-20/h2-3,13,17,24H,4-9H2,1H3/t13-,17+,18+,19-/m1/s1. The Balaban J connectivity index is 1.78. The number of aliphatic hydroxyl groups is 1. The van der Waals surface area contributed by atoms with Crippen molar-refractivity contribution in [3.63, 3.8) is 0 Å². The molecule has 1 saturated heterocycles. The molecule has 2 bridgehead atoms. The SMILES string of the molecule is COc1ccc2c3c1O[C@H]1C(=O)CC[C@@]4(O)[C@@H](C2)N(C(=O)CBr)CC[C@]314. The van der Waals surface area contributed by atoms with E-state index in [0.29, 0.717) is 37.3 Å². The van der Waals surface area contributed by atoms with Crippen LogP contribution in [0.25, 0.3) is 0 Å². The van der Waals surface area contributed by atoms with Crippen LogP contribution in [0.3, 0.4) is 0 Å². The number of Topliss-reactive ketones (excluding diaryl/α,β-unsaturated/α-hetero) is 1. The van der Waals surface area contributed by atoms with Gasteiger partial charge in [-0.25, -0.2) is 0 Å². The summed E-state index contributed by atoms with van der Waals surface area (Å²) in [6.45, 7) is 0.515. The highest BCUT2D eigenvalue weighted by molar-refractivity contribution is 9.09. The molecular formula is C19H20BrNO5. The van der Waals surface area contributed by atoms with Gasteiger partial charge in [0.2, 0.25) is 5.91 Å². The maximum Gasteiger partial charge on any atom is 0.233 e. The van der Waals surface area contributed by atoms with Crippen molar-refractivity contribution in [1.82, 2.24) is 4.90 Å². The van der Waals surface area contributed by atoms with E-state index in [0.717, 1.165) is 11.1 Å². The molecule has 2 aliphatic heterocycles. The highest BCUT2D eigenvalue weighted by atomic mass is 79.9. The topological polar surface area (TPSA) is 76.1 Å². The minimum absolute atomic E-state index is 0.0252. The quantitative estimate of drug-likeness (QED) is 0.729. The van der Waals surface area contributed by atoms with Crippen molar-refractivity contribution < 1.29 is 24.2 Å². The number of ketones is 1. The lowest BCUT2D eigenvalue weighted by Gasteiger charge is -2.62. The van der Waals surface area contributed by atoms with Gasteiger partial charge in [0.1, 0.15) is 0 Å². The number of hydrogen-bond donors (Lipinski definition) is 1. The lowest BCUT2D eigenvalue weighted by Crippen LogP contribution is -2.77. The highest BCUT2D eigenvalue weighted by Gasteiger charge is 2.73. The van der Waals surface area contributed by atoms with Crippen molar-refractivity contribution in [3.05, 3.63) is 23.3 Å². The molecule has 1 aromatic carbocycles. The number of carbonyl (C=O) groups is 2. The van der Waals surface area contributed by atoms with Crippen molar-refractivity contribution in [1.29, 1.82) is 0 Å². The zero-order chi connectivity index (χ0) is 18.3. The number of nitrogens with zero attached hydrogens (tertiary/aromatic N) is 1. The third-order valence-electron chi connectivity index (χ3n) is 6.90. The lowest BCUT2D eigenvalue weighted by molar-refractivity contribution is -0.191. The predicted octanol–water partition coefficient (Wildman–Crippen LogP) is 1.34. The van der Waals surface area contributed by atoms with Crippen LogP contribution in [0.1, 0.15) is 30.4 Å². The predicted molar refractivity (Wildman–Crippen MR) is 95.9 cm³/mol. The van der Waals surface area contributed by atoms with Crippen molar-refractivity contribution >= 4 is 27.6 Å². The summed E-state index contributed by atoms with van der Waals surface area (Å²) in [5, 5.41) is 12.2. The fraction of sp³-hybridized carbons (Fsp3) is 0.579. The molecule has 2 fully saturated rings. The van der Waals surface area contributed by atoms with Gasteiger partial charge >= 0.3 is 0 Å². The Morgan fingerprint density at radius 3 is 3.00 bits per heavy atom. The third kappa shape index (κ3) is 1.67. The largest absolute Gasteiger partial charge is 0.493 e. The van der Waals surface area contributed by atoms with Gasteiger partial charge in [-0.15, -0.1) is 0 Å². The summed E-state index contributed by atoms with van der Waals surface area (Å²) in [7, 11) is 1.58. The fourth-order valence-corrected chi connectivity index (χ4v) is 6.17. The molecule has 1 spiro atoms. The molecule has 0 aromatic heterocycles. The number of carbonyl (C=O) groups excluding carboxylic acids is 2. The van der Waals surface area contributed by atoms with E-state index in [1.807, 2.05) is 12.1 Å². The summed E-state index contributed by atoms with van der Waals surface area (Å²) < 4.78 is 11.6. The van der Waals surface area contributed by atoms with Crippen molar-refractivity contribution in [2.45, 2.75) is 48.8 Å². The van der Waals surface area contributed by atoms with Crippen molar-refractivity contribution in [3.8, 4) is 11.5 Å². The van der Waals surface area contributed by atoms with Crippen LogP contribution in [0.15, 0.2) is 12.1 Å². The molecular weight excluding hydrogens is 402 g/mol. The molecule has 0 radical (unpaired) electrons. The molecule has 7 heteroatoms. The summed E-state index contributed by atoms with van der Waals surface area (Å²) >= 11 is 3.26. The number of methoxy groups -OCH3 is 1. The number of likely N-dealkylation sites (tertiary alicyclic amines) is 1. The van der Waals surface area contributed by atoms with Gasteiger partial charge < -0.3 is 19.5 Å². The molecule has 1 amide bonds. The molecule has 4 aliphatic rings. The number of rotatable bonds is 2. The minimum Gasteiger partial charge on any atom is -0.493 e. The van der Waals surface area contributed by atoms with Crippen LogP contribution in [-0.4, -0.2) is 58.4 Å². The van der Waals surface area contributed by atoms with E-state index in [4.69, 9.17) is 9.47 Å². The smallest absolute Gasteiger partial charge is 0.233 e. The molecule has 138 valence electrons. The molecule has 5 rings (SSSR count). The van der Waals surface area contributed by atoms with Crippen LogP contribution in [0.4, 0.5) is 0 Å². The first-order valence-electron chi connectivity index (χ1n) is 8.95. The first-order valence-corrected chi connectivity index (χ1v) is 10.1. The molecule has 1 saturated carbocycles. The van der Waals surface area contributed by atoms with E-state index < -0.39 is 17.1 Å². The molecule has 1 N–H and O–H groups in total. The first kappa shape index (κ1) is 16.6. The van der Waals surface area contributed by atoms with Gasteiger partial charge in [0.15, 0.2) is 23.4 Å². The molecule has 2 heterocycles. The highest BCUT2D eigenvalue weighted by Crippen LogP contribution is 2.64. The Morgan fingerprint density at radius 1 is 1.46 bits per heavy atom. The van der Waals surface area contributed by atoms with E-state index in [9.17, 15) is 14.7 Å². The van der Waals surface area contributed by atoms with Crippen LogP contribution in [-0.2, 0) is 21.4 Å². The molecule has 6 nitrogen and oxygen atoms in total. The molecule has 26 heavy (non-hydrogen) atoms. The minimum atomic E-state index is -1.16. The number of ether oxygens (including phenoxy) is 2. The second kappa shape index (κ2) is 5.23. The zero-order valence-corrected chi connectivity index (χ0v) is 16.0. The van der Waals surface area contributed by atoms with E-state index >= 15 is 0 Å². The Kier molecular flexibility index (Phi) is 3.33. The summed E-state index contributed by atoms with van der Waals surface area (Å²) in [5.74, 6) is 1.20. The van der Waals surface area contributed by atoms with Crippen molar-refractivity contribution in [2.24, 2.45) is 0 Å². The molecule has 4 atom stereocenters. The normalized spacial score (nSPS) is 36.4. The number of piperidine rings is 1. The Bertz CT molecular complexity index is 841. The van der Waals surface area contributed by atoms with E-state index in [2.05, 4.69) is 15.9 Å². The van der Waals surface area contributed by atoms with Gasteiger partial charge in [0, 0.05) is 18.5 Å². The Morgan fingerprint density at radius 2 is 2.27 bits per heavy atom. The summed E-state index contributed by atoms with van der Waals surface area (Å²) in [4.78, 5) is 27.1. The average molecular weight is 422 g/mol. The molecule has 2 aliphatic carbocycles. The van der Waals surface area contributed by atoms with Crippen LogP contribution in [0.5, 0.6) is 11.5 Å². The fourth-order valence-electron chi connectivity index (χ4n) is 5.85. The van der Waals surface area contributed by atoms with Crippen LogP contribution in [0, 0.1) is 0 Å². The monoisotopic (exact) mass is 421 g/mol. The van der Waals surface area contributed by atoms with Gasteiger partial charge in [0.25, 0.3) is 0 Å². The van der Waals surface area contributed by atoms with Gasteiger partial charge in [-0.1, -0.05) is 22.0 Å². The number of amides is 1. The summed E-state index contributed by atoms with van der Waals surface area (Å²) in [5.41, 5.74) is 0.0270.